The van der Waals surface area contributed by atoms with Gasteiger partial charge in [-0.25, -0.2) is 0 Å². The van der Waals surface area contributed by atoms with Crippen molar-refractivity contribution in [3.8, 4) is 0 Å². The highest BCUT2D eigenvalue weighted by Gasteiger charge is 2.37. The standard InChI is InChI=1S/C21H27NO3S/c1-6-18(17-13-12-15-10-8-9-11-16(15)14-17)19(20(23)25-7-2)22-26(24)21(3,4)5/h6,8-14,18-19,22H,1,7H2,2-5H3/t18-,19-,26-/m0/s1. The van der Waals surface area contributed by atoms with E-state index in [0.29, 0.717) is 0 Å². The molecule has 0 heterocycles. The first-order valence-corrected chi connectivity index (χ1v) is 9.89. The predicted molar refractivity (Wildman–Crippen MR) is 108 cm³/mol. The number of nitrogens with one attached hydrogen (secondary N) is 1. The lowest BCUT2D eigenvalue weighted by atomic mass is 9.90. The molecule has 26 heavy (non-hydrogen) atoms. The Bertz CT molecular complexity index is 769. The molecule has 2 rings (SSSR count). The molecule has 2 aromatic rings. The van der Waals surface area contributed by atoms with Gasteiger partial charge in [0.05, 0.1) is 6.61 Å². The highest BCUT2D eigenvalue weighted by Crippen LogP contribution is 2.27. The summed E-state index contributed by atoms with van der Waals surface area (Å²) in [6, 6.07) is 13.3. The topological polar surface area (TPSA) is 61.4 Å². The van der Waals surface area contributed by atoms with Crippen LogP contribution in [0.5, 0.6) is 0 Å². The predicted octanol–water partition coefficient (Wildman–Crippen LogP) is 4.09. The van der Waals surface area contributed by atoms with Gasteiger partial charge in [0.25, 0.3) is 0 Å². The molecule has 0 bridgehead atoms. The number of carbonyl (C=O) groups is 1. The fourth-order valence-corrected chi connectivity index (χ4v) is 3.50. The molecular formula is C21H27NO3S. The largest absolute Gasteiger partial charge is 0.598 e. The van der Waals surface area contributed by atoms with E-state index in [4.69, 9.17) is 4.74 Å². The van der Waals surface area contributed by atoms with Crippen molar-refractivity contribution in [1.29, 1.82) is 0 Å². The van der Waals surface area contributed by atoms with Crippen molar-refractivity contribution in [1.82, 2.24) is 4.72 Å². The molecule has 2 aromatic carbocycles. The van der Waals surface area contributed by atoms with E-state index in [2.05, 4.69) is 11.3 Å². The zero-order valence-electron chi connectivity index (χ0n) is 15.8. The van der Waals surface area contributed by atoms with Crippen LogP contribution >= 0.6 is 0 Å². The second-order valence-corrected chi connectivity index (χ2v) is 9.09. The monoisotopic (exact) mass is 373 g/mol. The Hall–Kier alpha value is -1.82. The van der Waals surface area contributed by atoms with Crippen LogP contribution in [0.3, 0.4) is 0 Å². The molecule has 0 saturated heterocycles. The molecule has 0 aromatic heterocycles. The fraction of sp³-hybridized carbons (Fsp3) is 0.381. The number of carbonyl (C=O) groups excluding carboxylic acids is 1. The van der Waals surface area contributed by atoms with Gasteiger partial charge in [-0.3, -0.25) is 4.79 Å². The molecule has 0 saturated carbocycles. The maximum atomic E-state index is 12.6. The molecule has 0 aliphatic rings. The van der Waals surface area contributed by atoms with Gasteiger partial charge in [-0.2, -0.15) is 0 Å². The number of rotatable bonds is 7. The average molecular weight is 374 g/mol. The molecule has 0 aliphatic carbocycles. The highest BCUT2D eigenvalue weighted by molar-refractivity contribution is 7.90. The van der Waals surface area contributed by atoms with Crippen molar-refractivity contribution in [2.75, 3.05) is 6.61 Å². The minimum Gasteiger partial charge on any atom is -0.598 e. The number of hydrogen-bond donors (Lipinski definition) is 1. The van der Waals surface area contributed by atoms with Crippen molar-refractivity contribution in [2.45, 2.75) is 44.4 Å². The maximum absolute atomic E-state index is 12.6. The first-order chi connectivity index (χ1) is 12.3. The van der Waals surface area contributed by atoms with Crippen molar-refractivity contribution in [3.05, 3.63) is 60.7 Å². The van der Waals surface area contributed by atoms with Gasteiger partial charge in [-0.1, -0.05) is 48.5 Å². The van der Waals surface area contributed by atoms with Gasteiger partial charge in [-0.15, -0.1) is 11.3 Å². The minimum absolute atomic E-state index is 0.265. The van der Waals surface area contributed by atoms with E-state index in [-0.39, 0.29) is 12.5 Å². The molecule has 140 valence electrons. The molecule has 0 aliphatic heterocycles. The first-order valence-electron chi connectivity index (χ1n) is 8.74. The van der Waals surface area contributed by atoms with Gasteiger partial charge in [0.15, 0.2) is 6.04 Å². The van der Waals surface area contributed by atoms with E-state index in [9.17, 15) is 9.35 Å². The van der Waals surface area contributed by atoms with Crippen LogP contribution in [-0.4, -0.2) is 27.9 Å². The zero-order valence-corrected chi connectivity index (χ0v) is 16.6. The Morgan fingerprint density at radius 2 is 1.92 bits per heavy atom. The number of benzene rings is 2. The van der Waals surface area contributed by atoms with Crippen LogP contribution < -0.4 is 4.72 Å². The normalized spacial score (nSPS) is 15.3. The van der Waals surface area contributed by atoms with E-state index < -0.39 is 28.1 Å². The number of hydrogen-bond acceptors (Lipinski definition) is 4. The quantitative estimate of drug-likeness (QED) is 0.451. The van der Waals surface area contributed by atoms with Gasteiger partial charge in [-0.05, 0) is 44.0 Å². The lowest BCUT2D eigenvalue weighted by Crippen LogP contribution is -2.50. The fourth-order valence-electron chi connectivity index (χ4n) is 2.67. The molecule has 0 spiro atoms. The van der Waals surface area contributed by atoms with Gasteiger partial charge in [0, 0.05) is 17.3 Å². The van der Waals surface area contributed by atoms with Gasteiger partial charge < -0.3 is 9.29 Å². The van der Waals surface area contributed by atoms with E-state index in [0.717, 1.165) is 16.3 Å². The summed E-state index contributed by atoms with van der Waals surface area (Å²) in [4.78, 5) is 12.6. The second-order valence-electron chi connectivity index (χ2n) is 7.10. The summed E-state index contributed by atoms with van der Waals surface area (Å²) in [6.45, 7) is 11.5. The summed E-state index contributed by atoms with van der Waals surface area (Å²) in [6.07, 6.45) is 1.71. The van der Waals surface area contributed by atoms with E-state index in [1.165, 1.54) is 0 Å². The van der Waals surface area contributed by atoms with Crippen LogP contribution in [0.4, 0.5) is 0 Å². The van der Waals surface area contributed by atoms with Crippen LogP contribution in [-0.2, 0) is 20.9 Å². The summed E-state index contributed by atoms with van der Waals surface area (Å²) in [5.41, 5.74) is 0.926. The van der Waals surface area contributed by atoms with E-state index in [1.807, 2.05) is 63.2 Å². The third-order valence-electron chi connectivity index (χ3n) is 4.10. The summed E-state index contributed by atoms with van der Waals surface area (Å²) in [5.74, 6) is -0.784. The molecular weight excluding hydrogens is 346 g/mol. The lowest BCUT2D eigenvalue weighted by Gasteiger charge is -2.30. The third kappa shape index (κ3) is 4.87. The Morgan fingerprint density at radius 3 is 2.50 bits per heavy atom. The number of fused-ring (bicyclic) bond motifs is 1. The zero-order chi connectivity index (χ0) is 19.3. The summed E-state index contributed by atoms with van der Waals surface area (Å²) < 4.78 is 20.3. The Kier molecular flexibility index (Phi) is 6.87. The van der Waals surface area contributed by atoms with Crippen LogP contribution in [0.1, 0.15) is 39.2 Å². The van der Waals surface area contributed by atoms with Crippen LogP contribution in [0.15, 0.2) is 55.1 Å². The van der Waals surface area contributed by atoms with Crippen molar-refractivity contribution in [3.63, 3.8) is 0 Å². The Balaban J connectivity index is 2.40. The van der Waals surface area contributed by atoms with Gasteiger partial charge in [0.1, 0.15) is 4.75 Å². The SMILES string of the molecule is C=C[C@@H](c1ccc2ccccc2c1)[C@H](N[S@@+]([O-])C(C)(C)C)C(=O)OCC. The first kappa shape index (κ1) is 20.5. The maximum Gasteiger partial charge on any atom is 0.328 e. The third-order valence-corrected chi connectivity index (χ3v) is 5.68. The van der Waals surface area contributed by atoms with Crippen molar-refractivity contribution in [2.24, 2.45) is 0 Å². The molecule has 1 N–H and O–H groups in total. The van der Waals surface area contributed by atoms with Crippen LogP contribution in [0.2, 0.25) is 0 Å². The van der Waals surface area contributed by atoms with Crippen LogP contribution in [0, 0.1) is 0 Å². The summed E-state index contributed by atoms with van der Waals surface area (Å²) >= 11 is -1.41. The molecule has 0 radical (unpaired) electrons. The number of ether oxygens (including phenoxy) is 1. The summed E-state index contributed by atoms with van der Waals surface area (Å²) in [7, 11) is 0. The average Bonchev–Trinajstić information content (AvgIpc) is 2.60. The van der Waals surface area contributed by atoms with Crippen molar-refractivity contribution < 1.29 is 14.1 Å². The Labute approximate surface area is 158 Å². The number of esters is 1. The molecule has 3 atom stereocenters. The molecule has 4 nitrogen and oxygen atoms in total. The van der Waals surface area contributed by atoms with E-state index in [1.54, 1.807) is 13.0 Å². The Morgan fingerprint density at radius 1 is 1.27 bits per heavy atom. The molecule has 0 unspecified atom stereocenters. The molecule has 0 amide bonds. The van der Waals surface area contributed by atoms with Gasteiger partial charge >= 0.3 is 5.97 Å². The highest BCUT2D eigenvalue weighted by atomic mass is 32.2. The van der Waals surface area contributed by atoms with Crippen LogP contribution in [0.25, 0.3) is 10.8 Å². The summed E-state index contributed by atoms with van der Waals surface area (Å²) in [5, 5.41) is 2.20. The molecule has 5 heteroatoms. The van der Waals surface area contributed by atoms with Gasteiger partial charge in [0.2, 0.25) is 0 Å². The molecule has 0 fully saturated rings. The smallest absolute Gasteiger partial charge is 0.328 e. The van der Waals surface area contributed by atoms with E-state index >= 15 is 0 Å². The minimum atomic E-state index is -1.41. The second kappa shape index (κ2) is 8.71. The van der Waals surface area contributed by atoms with Crippen molar-refractivity contribution >= 4 is 28.1 Å². The lowest BCUT2D eigenvalue weighted by molar-refractivity contribution is -0.145.